The zero-order valence-electron chi connectivity index (χ0n) is 8.92. The highest BCUT2D eigenvalue weighted by Gasteiger charge is 2.27. The van der Waals surface area contributed by atoms with Crippen LogP contribution in [0.2, 0.25) is 0 Å². The maximum absolute atomic E-state index is 3.35. The molecule has 1 saturated carbocycles. The van der Waals surface area contributed by atoms with E-state index in [-0.39, 0.29) is 0 Å². The largest absolute Gasteiger partial charge is 0.316 e. The maximum Gasteiger partial charge on any atom is 0.000769 e. The molecule has 2 aliphatic rings. The average molecular weight is 182 g/mol. The van der Waals surface area contributed by atoms with Gasteiger partial charge in [0, 0.05) is 13.1 Å². The summed E-state index contributed by atoms with van der Waals surface area (Å²) in [6.45, 7) is 7.53. The van der Waals surface area contributed by atoms with E-state index in [1.54, 1.807) is 0 Å². The highest BCUT2D eigenvalue weighted by atomic mass is 15.1. The molecule has 76 valence electrons. The lowest BCUT2D eigenvalue weighted by molar-refractivity contribution is 0.183. The second-order valence-electron chi connectivity index (χ2n) is 5.06. The van der Waals surface area contributed by atoms with Crippen molar-refractivity contribution in [2.75, 3.05) is 33.2 Å². The molecule has 0 aromatic carbocycles. The van der Waals surface area contributed by atoms with Crippen LogP contribution in [0.3, 0.4) is 0 Å². The molecule has 1 atom stereocenters. The van der Waals surface area contributed by atoms with Crippen LogP contribution in [0.25, 0.3) is 0 Å². The van der Waals surface area contributed by atoms with Crippen molar-refractivity contribution in [1.82, 2.24) is 10.2 Å². The Morgan fingerprint density at radius 3 is 2.54 bits per heavy atom. The molecule has 0 spiro atoms. The fraction of sp³-hybridized carbons (Fsp3) is 1.00. The van der Waals surface area contributed by atoms with E-state index in [4.69, 9.17) is 0 Å². The van der Waals surface area contributed by atoms with Gasteiger partial charge >= 0.3 is 0 Å². The number of hydrogen-bond acceptors (Lipinski definition) is 2. The first kappa shape index (κ1) is 9.47. The molecule has 13 heavy (non-hydrogen) atoms. The Kier molecular flexibility index (Phi) is 2.89. The van der Waals surface area contributed by atoms with Crippen LogP contribution in [-0.2, 0) is 0 Å². The van der Waals surface area contributed by atoms with Gasteiger partial charge in [-0.25, -0.2) is 0 Å². The van der Waals surface area contributed by atoms with Gasteiger partial charge in [0.05, 0.1) is 0 Å². The molecule has 0 aromatic rings. The predicted octanol–water partition coefficient (Wildman–Crippen LogP) is 1.18. The summed E-state index contributed by atoms with van der Waals surface area (Å²) in [5.74, 6) is 2.86. The van der Waals surface area contributed by atoms with Gasteiger partial charge in [-0.1, -0.05) is 6.92 Å². The summed E-state index contributed by atoms with van der Waals surface area (Å²) in [6, 6.07) is 0. The summed E-state index contributed by atoms with van der Waals surface area (Å²) in [6.07, 6.45) is 2.95. The quantitative estimate of drug-likeness (QED) is 0.687. The van der Waals surface area contributed by atoms with Crippen LogP contribution in [0.15, 0.2) is 0 Å². The predicted molar refractivity (Wildman–Crippen MR) is 55.7 cm³/mol. The molecule has 1 N–H and O–H groups in total. The summed E-state index contributed by atoms with van der Waals surface area (Å²) in [5.41, 5.74) is 0. The van der Waals surface area contributed by atoms with Crippen molar-refractivity contribution in [2.45, 2.75) is 19.8 Å². The van der Waals surface area contributed by atoms with E-state index in [1.807, 2.05) is 0 Å². The van der Waals surface area contributed by atoms with E-state index >= 15 is 0 Å². The van der Waals surface area contributed by atoms with Gasteiger partial charge in [0.2, 0.25) is 0 Å². The Balaban J connectivity index is 1.62. The van der Waals surface area contributed by atoms with Crippen molar-refractivity contribution >= 4 is 0 Å². The van der Waals surface area contributed by atoms with Gasteiger partial charge in [0.25, 0.3) is 0 Å². The molecule has 0 aromatic heterocycles. The summed E-state index contributed by atoms with van der Waals surface area (Å²) in [5, 5.41) is 3.35. The summed E-state index contributed by atoms with van der Waals surface area (Å²) >= 11 is 0. The third kappa shape index (κ3) is 2.68. The normalized spacial score (nSPS) is 26.1. The minimum Gasteiger partial charge on any atom is -0.316 e. The lowest BCUT2D eigenvalue weighted by Gasteiger charge is -2.34. The van der Waals surface area contributed by atoms with Gasteiger partial charge < -0.3 is 10.2 Å². The summed E-state index contributed by atoms with van der Waals surface area (Å²) in [4.78, 5) is 2.53. The Bertz CT molecular complexity index is 161. The molecule has 2 nitrogen and oxygen atoms in total. The first-order chi connectivity index (χ1) is 6.25. The Hall–Kier alpha value is -0.0800. The second kappa shape index (κ2) is 3.97. The van der Waals surface area contributed by atoms with Gasteiger partial charge in [0.1, 0.15) is 0 Å². The molecule has 2 rings (SSSR count). The fourth-order valence-electron chi connectivity index (χ4n) is 2.17. The standard InChI is InChI=1S/C11H22N2/c1-9(11-5-12-6-11)7-13(2)8-10-3-4-10/h9-12H,3-8H2,1-2H3. The number of nitrogens with one attached hydrogen (secondary N) is 1. The zero-order chi connectivity index (χ0) is 9.26. The first-order valence-corrected chi connectivity index (χ1v) is 5.65. The van der Waals surface area contributed by atoms with Crippen molar-refractivity contribution in [3.63, 3.8) is 0 Å². The van der Waals surface area contributed by atoms with E-state index in [0.717, 1.165) is 17.8 Å². The van der Waals surface area contributed by atoms with E-state index in [1.165, 1.54) is 39.0 Å². The number of rotatable bonds is 5. The van der Waals surface area contributed by atoms with E-state index in [0.29, 0.717) is 0 Å². The molecule has 1 aliphatic carbocycles. The van der Waals surface area contributed by atoms with Crippen LogP contribution in [-0.4, -0.2) is 38.1 Å². The van der Waals surface area contributed by atoms with Crippen molar-refractivity contribution in [1.29, 1.82) is 0 Å². The Morgan fingerprint density at radius 2 is 2.08 bits per heavy atom. The average Bonchev–Trinajstić information content (AvgIpc) is 2.65. The molecule has 2 fully saturated rings. The molecule has 0 radical (unpaired) electrons. The van der Waals surface area contributed by atoms with Crippen molar-refractivity contribution in [3.8, 4) is 0 Å². The van der Waals surface area contributed by atoms with Crippen LogP contribution >= 0.6 is 0 Å². The lowest BCUT2D eigenvalue weighted by atomic mass is 9.88. The van der Waals surface area contributed by atoms with E-state index in [9.17, 15) is 0 Å². The summed E-state index contributed by atoms with van der Waals surface area (Å²) < 4.78 is 0. The second-order valence-corrected chi connectivity index (χ2v) is 5.06. The SMILES string of the molecule is CC(CN(C)CC1CC1)C1CNC1. The van der Waals surface area contributed by atoms with E-state index < -0.39 is 0 Å². The monoisotopic (exact) mass is 182 g/mol. The van der Waals surface area contributed by atoms with E-state index in [2.05, 4.69) is 24.2 Å². The molecular formula is C11H22N2. The van der Waals surface area contributed by atoms with Gasteiger partial charge in [-0.05, 0) is 50.7 Å². The lowest BCUT2D eigenvalue weighted by Crippen LogP contribution is -2.48. The Morgan fingerprint density at radius 1 is 1.38 bits per heavy atom. The first-order valence-electron chi connectivity index (χ1n) is 5.65. The molecule has 1 aliphatic heterocycles. The number of nitrogens with zero attached hydrogens (tertiary/aromatic N) is 1. The fourth-order valence-corrected chi connectivity index (χ4v) is 2.17. The highest BCUT2D eigenvalue weighted by molar-refractivity contribution is 4.82. The smallest absolute Gasteiger partial charge is 0.000769 e. The van der Waals surface area contributed by atoms with Crippen LogP contribution < -0.4 is 5.32 Å². The number of hydrogen-bond donors (Lipinski definition) is 1. The molecule has 1 unspecified atom stereocenters. The van der Waals surface area contributed by atoms with Crippen molar-refractivity contribution in [3.05, 3.63) is 0 Å². The highest BCUT2D eigenvalue weighted by Crippen LogP contribution is 2.29. The van der Waals surface area contributed by atoms with Crippen molar-refractivity contribution < 1.29 is 0 Å². The molecule has 0 amide bonds. The molecule has 1 saturated heterocycles. The minimum atomic E-state index is 0.880. The van der Waals surface area contributed by atoms with Crippen LogP contribution in [0.4, 0.5) is 0 Å². The topological polar surface area (TPSA) is 15.3 Å². The summed E-state index contributed by atoms with van der Waals surface area (Å²) in [7, 11) is 2.28. The van der Waals surface area contributed by atoms with Gasteiger partial charge in [0.15, 0.2) is 0 Å². The van der Waals surface area contributed by atoms with Gasteiger partial charge in [-0.2, -0.15) is 0 Å². The molecule has 1 heterocycles. The molecule has 2 heteroatoms. The third-order valence-corrected chi connectivity index (χ3v) is 3.48. The van der Waals surface area contributed by atoms with Crippen LogP contribution in [0, 0.1) is 17.8 Å². The van der Waals surface area contributed by atoms with Crippen LogP contribution in [0.5, 0.6) is 0 Å². The van der Waals surface area contributed by atoms with Crippen molar-refractivity contribution in [2.24, 2.45) is 17.8 Å². The van der Waals surface area contributed by atoms with Crippen LogP contribution in [0.1, 0.15) is 19.8 Å². The maximum atomic E-state index is 3.35. The minimum absolute atomic E-state index is 0.880. The third-order valence-electron chi connectivity index (χ3n) is 3.48. The van der Waals surface area contributed by atoms with Gasteiger partial charge in [-0.3, -0.25) is 0 Å². The molecular weight excluding hydrogens is 160 g/mol. The Labute approximate surface area is 81.7 Å². The molecule has 0 bridgehead atoms. The zero-order valence-corrected chi connectivity index (χ0v) is 8.92. The van der Waals surface area contributed by atoms with Gasteiger partial charge in [-0.15, -0.1) is 0 Å².